The highest BCUT2D eigenvalue weighted by Gasteiger charge is 2.43. The Bertz CT molecular complexity index is 231. The van der Waals surface area contributed by atoms with Gasteiger partial charge in [-0.1, -0.05) is 12.2 Å². The van der Waals surface area contributed by atoms with E-state index < -0.39 is 0 Å². The molecule has 3 atom stereocenters. The summed E-state index contributed by atoms with van der Waals surface area (Å²) in [5, 5.41) is 0. The molecular weight excluding hydrogens is 170 g/mol. The number of hydrogen-bond acceptors (Lipinski definition) is 1. The summed E-state index contributed by atoms with van der Waals surface area (Å²) in [4.78, 5) is 2.73. The van der Waals surface area contributed by atoms with E-state index in [1.807, 2.05) is 0 Å². The molecule has 3 aliphatic rings. The normalized spacial score (nSPS) is 37.9. The van der Waals surface area contributed by atoms with Crippen LogP contribution in [0.4, 0.5) is 0 Å². The van der Waals surface area contributed by atoms with Gasteiger partial charge in [0.1, 0.15) is 0 Å². The van der Waals surface area contributed by atoms with Crippen LogP contribution in [0.3, 0.4) is 0 Å². The van der Waals surface area contributed by atoms with Gasteiger partial charge in [-0.05, 0) is 52.4 Å². The zero-order chi connectivity index (χ0) is 10.3. The molecule has 80 valence electrons. The van der Waals surface area contributed by atoms with Gasteiger partial charge in [0.05, 0.1) is 0 Å². The van der Waals surface area contributed by atoms with Crippen LogP contribution < -0.4 is 0 Å². The van der Waals surface area contributed by atoms with E-state index in [1.165, 1.54) is 31.3 Å². The van der Waals surface area contributed by atoms with Crippen LogP contribution in [-0.2, 0) is 0 Å². The Labute approximate surface area is 88.2 Å². The van der Waals surface area contributed by atoms with Crippen molar-refractivity contribution in [3.05, 3.63) is 12.2 Å². The zero-order valence-corrected chi connectivity index (χ0v) is 9.79. The average Bonchev–Trinajstić information content (AvgIpc) is 2.31. The summed E-state index contributed by atoms with van der Waals surface area (Å²) in [5.74, 6) is 0.800. The Morgan fingerprint density at radius 2 is 1.93 bits per heavy atom. The molecule has 0 aromatic rings. The third kappa shape index (κ3) is 1.63. The molecule has 2 heterocycles. The van der Waals surface area contributed by atoms with E-state index in [1.54, 1.807) is 0 Å². The van der Waals surface area contributed by atoms with Gasteiger partial charge in [-0.3, -0.25) is 4.90 Å². The lowest BCUT2D eigenvalue weighted by Gasteiger charge is -2.50. The van der Waals surface area contributed by atoms with E-state index in [9.17, 15) is 0 Å². The number of fused-ring (bicyclic) bond motifs is 3. The summed E-state index contributed by atoms with van der Waals surface area (Å²) in [6, 6.07) is 2.50. The molecule has 2 aliphatic heterocycles. The number of allylic oxidation sites excluding steroid dienone is 1. The summed E-state index contributed by atoms with van der Waals surface area (Å²) in [6.07, 6.45) is 5.58. The summed E-state index contributed by atoms with van der Waals surface area (Å²) in [7, 11) is 0. The van der Waals surface area contributed by atoms with Gasteiger partial charge >= 0.3 is 0 Å². The van der Waals surface area contributed by atoms with E-state index in [0.29, 0.717) is 0 Å². The van der Waals surface area contributed by atoms with Gasteiger partial charge in [-0.2, -0.15) is 0 Å². The molecule has 3 fully saturated rings. The van der Waals surface area contributed by atoms with E-state index in [2.05, 4.69) is 32.3 Å². The molecule has 0 N–H and O–H groups in total. The quantitative estimate of drug-likeness (QED) is 0.609. The monoisotopic (exact) mass is 193 g/mol. The fourth-order valence-electron chi connectivity index (χ4n) is 3.33. The third-order valence-corrected chi connectivity index (χ3v) is 4.09. The van der Waals surface area contributed by atoms with Crippen molar-refractivity contribution in [1.82, 2.24) is 4.90 Å². The second-order valence-corrected chi connectivity index (χ2v) is 5.44. The second kappa shape index (κ2) is 3.69. The van der Waals surface area contributed by atoms with Crippen molar-refractivity contribution in [3.8, 4) is 0 Å². The fourth-order valence-corrected chi connectivity index (χ4v) is 3.33. The first-order chi connectivity index (χ1) is 6.59. The molecule has 0 amide bonds. The first kappa shape index (κ1) is 10.2. The molecule has 0 aromatic heterocycles. The summed E-state index contributed by atoms with van der Waals surface area (Å²) in [6.45, 7) is 11.0. The van der Waals surface area contributed by atoms with Crippen LogP contribution in [-0.4, -0.2) is 23.0 Å². The predicted octanol–water partition coefficient (Wildman–Crippen LogP) is 3.21. The van der Waals surface area contributed by atoms with Crippen molar-refractivity contribution < 1.29 is 0 Å². The fraction of sp³-hybridized carbons (Fsp3) is 0.846. The molecule has 2 bridgehead atoms. The molecule has 0 radical (unpaired) electrons. The largest absolute Gasteiger partial charge is 0.295 e. The molecule has 1 heteroatoms. The molecule has 14 heavy (non-hydrogen) atoms. The van der Waals surface area contributed by atoms with Gasteiger partial charge in [-0.15, -0.1) is 0 Å². The Morgan fingerprint density at radius 3 is 2.50 bits per heavy atom. The molecule has 0 spiro atoms. The van der Waals surface area contributed by atoms with Gasteiger partial charge in [0.15, 0.2) is 0 Å². The van der Waals surface area contributed by atoms with E-state index in [-0.39, 0.29) is 0 Å². The van der Waals surface area contributed by atoms with Crippen LogP contribution >= 0.6 is 0 Å². The zero-order valence-electron chi connectivity index (χ0n) is 9.79. The minimum Gasteiger partial charge on any atom is -0.295 e. The summed E-state index contributed by atoms with van der Waals surface area (Å²) in [5.41, 5.74) is 1.40. The van der Waals surface area contributed by atoms with Gasteiger partial charge < -0.3 is 0 Å². The molecular formula is C13H23N. The Balaban J connectivity index is 2.03. The van der Waals surface area contributed by atoms with Crippen molar-refractivity contribution in [3.63, 3.8) is 0 Å². The Kier molecular flexibility index (Phi) is 2.70. The minimum atomic E-state index is 0.739. The first-order valence-electron chi connectivity index (χ1n) is 6.02. The SMILES string of the molecule is C=C(C)C1CCC2CC(C1)N2C(C)C. The third-order valence-electron chi connectivity index (χ3n) is 4.09. The molecule has 3 rings (SSSR count). The molecule has 0 aromatic carbocycles. The van der Waals surface area contributed by atoms with Gasteiger partial charge in [-0.25, -0.2) is 0 Å². The van der Waals surface area contributed by atoms with Crippen molar-refractivity contribution in [2.45, 2.75) is 64.6 Å². The summed E-state index contributed by atoms with van der Waals surface area (Å²) < 4.78 is 0. The molecule has 1 nitrogen and oxygen atoms in total. The lowest BCUT2D eigenvalue weighted by molar-refractivity contribution is -0.0106. The predicted molar refractivity (Wildman–Crippen MR) is 61.3 cm³/mol. The standard InChI is InChI=1S/C13H23N/c1-9(2)11-5-6-12-8-13(7-11)14(12)10(3)4/h10-13H,1,5-8H2,2-4H3. The van der Waals surface area contributed by atoms with E-state index >= 15 is 0 Å². The van der Waals surface area contributed by atoms with Crippen LogP contribution in [0.2, 0.25) is 0 Å². The van der Waals surface area contributed by atoms with Crippen LogP contribution in [0.25, 0.3) is 0 Å². The highest BCUT2D eigenvalue weighted by molar-refractivity contribution is 5.06. The molecule has 2 saturated heterocycles. The van der Waals surface area contributed by atoms with Crippen molar-refractivity contribution in [2.24, 2.45) is 5.92 Å². The number of hydrogen-bond donors (Lipinski definition) is 0. The topological polar surface area (TPSA) is 3.24 Å². The van der Waals surface area contributed by atoms with Crippen LogP contribution in [0.1, 0.15) is 46.5 Å². The minimum absolute atomic E-state index is 0.739. The number of rotatable bonds is 2. The van der Waals surface area contributed by atoms with Crippen LogP contribution in [0.5, 0.6) is 0 Å². The average molecular weight is 193 g/mol. The second-order valence-electron chi connectivity index (χ2n) is 5.44. The number of nitrogens with zero attached hydrogens (tertiary/aromatic N) is 1. The molecule has 3 unspecified atom stereocenters. The maximum absolute atomic E-state index is 4.12. The van der Waals surface area contributed by atoms with Gasteiger partial charge in [0.2, 0.25) is 0 Å². The first-order valence-corrected chi connectivity index (χ1v) is 6.02. The Morgan fingerprint density at radius 1 is 1.21 bits per heavy atom. The van der Waals surface area contributed by atoms with Crippen molar-refractivity contribution in [2.75, 3.05) is 0 Å². The highest BCUT2D eigenvalue weighted by atomic mass is 15.3. The van der Waals surface area contributed by atoms with Crippen molar-refractivity contribution in [1.29, 1.82) is 0 Å². The Hall–Kier alpha value is -0.300. The molecule has 1 aliphatic carbocycles. The maximum Gasteiger partial charge on any atom is 0.0121 e. The van der Waals surface area contributed by atoms with Crippen molar-refractivity contribution >= 4 is 0 Å². The van der Waals surface area contributed by atoms with Crippen LogP contribution in [0, 0.1) is 5.92 Å². The molecule has 1 saturated carbocycles. The van der Waals surface area contributed by atoms with Gasteiger partial charge in [0.25, 0.3) is 0 Å². The smallest absolute Gasteiger partial charge is 0.0121 e. The highest BCUT2D eigenvalue weighted by Crippen LogP contribution is 2.41. The maximum atomic E-state index is 4.12. The van der Waals surface area contributed by atoms with E-state index in [0.717, 1.165) is 24.0 Å². The summed E-state index contributed by atoms with van der Waals surface area (Å²) >= 11 is 0. The van der Waals surface area contributed by atoms with Gasteiger partial charge in [0, 0.05) is 18.1 Å². The van der Waals surface area contributed by atoms with Crippen LogP contribution in [0.15, 0.2) is 12.2 Å². The van der Waals surface area contributed by atoms with E-state index in [4.69, 9.17) is 0 Å². The lowest BCUT2D eigenvalue weighted by atomic mass is 9.87. The lowest BCUT2D eigenvalue weighted by Crippen LogP contribution is -2.57.